The molecule has 29 heavy (non-hydrogen) atoms. The lowest BCUT2D eigenvalue weighted by Gasteiger charge is -2.16. The fourth-order valence-electron chi connectivity index (χ4n) is 2.52. The minimum absolute atomic E-state index is 0.196. The molecule has 10 heteroatoms. The molecule has 154 valence electrons. The highest BCUT2D eigenvalue weighted by Gasteiger charge is 2.26. The first-order valence-electron chi connectivity index (χ1n) is 8.90. The van der Waals surface area contributed by atoms with Crippen molar-refractivity contribution in [2.45, 2.75) is 30.4 Å². The van der Waals surface area contributed by atoms with Gasteiger partial charge in [-0.1, -0.05) is 32.9 Å². The van der Waals surface area contributed by atoms with E-state index in [0.29, 0.717) is 11.6 Å². The van der Waals surface area contributed by atoms with E-state index in [1.165, 1.54) is 13.1 Å². The maximum atomic E-state index is 12.6. The third-order valence-electron chi connectivity index (χ3n) is 4.14. The van der Waals surface area contributed by atoms with Crippen molar-refractivity contribution >= 4 is 33.1 Å². The molecule has 0 radical (unpaired) electrons. The quantitative estimate of drug-likeness (QED) is 0.645. The van der Waals surface area contributed by atoms with Crippen molar-refractivity contribution < 1.29 is 13.2 Å². The van der Waals surface area contributed by atoms with Crippen molar-refractivity contribution in [1.29, 1.82) is 0 Å². The Labute approximate surface area is 174 Å². The molecule has 0 aliphatic carbocycles. The van der Waals surface area contributed by atoms with Crippen LogP contribution in [-0.2, 0) is 20.2 Å². The average molecular weight is 434 g/mol. The molecule has 0 unspecified atom stereocenters. The molecule has 0 spiro atoms. The van der Waals surface area contributed by atoms with Crippen molar-refractivity contribution in [2.75, 3.05) is 18.9 Å². The first-order chi connectivity index (χ1) is 13.6. The summed E-state index contributed by atoms with van der Waals surface area (Å²) in [6.45, 7) is 5.74. The van der Waals surface area contributed by atoms with Gasteiger partial charge in [-0.15, -0.1) is 11.3 Å². The molecule has 0 aliphatic heterocycles. The third-order valence-corrected chi connectivity index (χ3v) is 7.31. The largest absolute Gasteiger partial charge is 0.309 e. The van der Waals surface area contributed by atoms with Crippen LogP contribution < -0.4 is 5.32 Å². The van der Waals surface area contributed by atoms with Gasteiger partial charge in [0.05, 0.1) is 12.2 Å². The van der Waals surface area contributed by atoms with Gasteiger partial charge in [0.25, 0.3) is 10.0 Å². The molecular weight excluding hydrogens is 410 g/mol. The molecule has 1 N–H and O–H groups in total. The molecular formula is C19H23N5O3S2. The summed E-state index contributed by atoms with van der Waals surface area (Å²) < 4.78 is 27.8. The second-order valence-electron chi connectivity index (χ2n) is 7.51. The number of carbonyl (C=O) groups excluding carboxylic acids is 1. The normalized spacial score (nSPS) is 12.3. The second-order valence-corrected chi connectivity index (χ2v) is 10.7. The third kappa shape index (κ3) is 4.72. The Morgan fingerprint density at radius 1 is 1.24 bits per heavy atom. The standard InChI is InChI=1S/C19H23N5O3S2/c1-19(2,3)14-12-16(24(22-14)15-8-5-6-10-20-15)21-17(25)13-23(4)29(26,27)18-9-7-11-28-18/h5-12H,13H2,1-4H3,(H,21,25). The van der Waals surface area contributed by atoms with Crippen LogP contribution in [0.15, 0.2) is 52.2 Å². The van der Waals surface area contributed by atoms with E-state index < -0.39 is 15.9 Å². The van der Waals surface area contributed by atoms with Crippen LogP contribution in [0.2, 0.25) is 0 Å². The lowest BCUT2D eigenvalue weighted by molar-refractivity contribution is -0.116. The number of pyridine rings is 1. The predicted octanol–water partition coefficient (Wildman–Crippen LogP) is 2.89. The number of nitrogens with one attached hydrogen (secondary N) is 1. The predicted molar refractivity (Wildman–Crippen MR) is 113 cm³/mol. The van der Waals surface area contributed by atoms with E-state index in [0.717, 1.165) is 21.3 Å². The maximum absolute atomic E-state index is 12.6. The minimum Gasteiger partial charge on any atom is -0.309 e. The van der Waals surface area contributed by atoms with Gasteiger partial charge in [0.1, 0.15) is 10.0 Å². The molecule has 1 amide bonds. The van der Waals surface area contributed by atoms with E-state index in [-0.39, 0.29) is 16.2 Å². The summed E-state index contributed by atoms with van der Waals surface area (Å²) in [5, 5.41) is 9.03. The molecule has 0 aromatic carbocycles. The number of rotatable bonds is 6. The highest BCUT2D eigenvalue weighted by molar-refractivity contribution is 7.91. The lowest BCUT2D eigenvalue weighted by Crippen LogP contribution is -2.35. The minimum atomic E-state index is -3.71. The number of nitrogens with zero attached hydrogens (tertiary/aromatic N) is 4. The molecule has 3 aromatic heterocycles. The summed E-state index contributed by atoms with van der Waals surface area (Å²) in [6, 6.07) is 10.3. The molecule has 0 aliphatic rings. The van der Waals surface area contributed by atoms with Gasteiger partial charge in [0.15, 0.2) is 5.82 Å². The van der Waals surface area contributed by atoms with Crippen LogP contribution in [0.1, 0.15) is 26.5 Å². The molecule has 0 saturated carbocycles. The summed E-state index contributed by atoms with van der Waals surface area (Å²) in [7, 11) is -2.33. The van der Waals surface area contributed by atoms with E-state index in [4.69, 9.17) is 0 Å². The summed E-state index contributed by atoms with van der Waals surface area (Å²) in [5.41, 5.74) is 0.539. The molecule has 0 saturated heterocycles. The van der Waals surface area contributed by atoms with Crippen LogP contribution in [-0.4, -0.2) is 47.0 Å². The van der Waals surface area contributed by atoms with Gasteiger partial charge < -0.3 is 5.32 Å². The van der Waals surface area contributed by atoms with Gasteiger partial charge in [-0.05, 0) is 23.6 Å². The van der Waals surface area contributed by atoms with Gasteiger partial charge in [0, 0.05) is 24.7 Å². The Kier molecular flexibility index (Phi) is 5.87. The van der Waals surface area contributed by atoms with Crippen molar-refractivity contribution in [3.05, 3.63) is 53.7 Å². The monoisotopic (exact) mass is 433 g/mol. The zero-order valence-electron chi connectivity index (χ0n) is 16.7. The van der Waals surface area contributed by atoms with Crippen LogP contribution in [0.25, 0.3) is 5.82 Å². The number of sulfonamides is 1. The number of amides is 1. The Balaban J connectivity index is 1.84. The number of hydrogen-bond donors (Lipinski definition) is 1. The van der Waals surface area contributed by atoms with Crippen molar-refractivity contribution in [2.24, 2.45) is 0 Å². The van der Waals surface area contributed by atoms with Crippen molar-refractivity contribution in [1.82, 2.24) is 19.1 Å². The number of anilines is 1. The van der Waals surface area contributed by atoms with Gasteiger partial charge in [-0.3, -0.25) is 4.79 Å². The molecule has 8 nitrogen and oxygen atoms in total. The number of aromatic nitrogens is 3. The molecule has 0 bridgehead atoms. The second kappa shape index (κ2) is 8.05. The fraction of sp³-hybridized carbons (Fsp3) is 0.316. The molecule has 0 atom stereocenters. The van der Waals surface area contributed by atoms with Gasteiger partial charge in [-0.25, -0.2) is 13.4 Å². The molecule has 3 heterocycles. The van der Waals surface area contributed by atoms with Gasteiger partial charge in [0.2, 0.25) is 5.91 Å². The van der Waals surface area contributed by atoms with Crippen LogP contribution in [0.3, 0.4) is 0 Å². The zero-order chi connectivity index (χ0) is 21.2. The van der Waals surface area contributed by atoms with E-state index in [1.807, 2.05) is 26.8 Å². The SMILES string of the molecule is CN(CC(=O)Nc1cc(C(C)(C)C)nn1-c1ccccn1)S(=O)(=O)c1cccs1. The Hall–Kier alpha value is -2.56. The van der Waals surface area contributed by atoms with E-state index >= 15 is 0 Å². The lowest BCUT2D eigenvalue weighted by atomic mass is 9.92. The van der Waals surface area contributed by atoms with E-state index in [1.54, 1.807) is 40.5 Å². The number of carbonyl (C=O) groups is 1. The Morgan fingerprint density at radius 3 is 2.59 bits per heavy atom. The average Bonchev–Trinajstić information content (AvgIpc) is 3.32. The molecule has 3 aromatic rings. The number of thiophene rings is 1. The van der Waals surface area contributed by atoms with Crippen LogP contribution >= 0.6 is 11.3 Å². The molecule has 0 fully saturated rings. The number of hydrogen-bond acceptors (Lipinski definition) is 6. The van der Waals surface area contributed by atoms with Crippen molar-refractivity contribution in [3.63, 3.8) is 0 Å². The highest BCUT2D eigenvalue weighted by Crippen LogP contribution is 2.26. The van der Waals surface area contributed by atoms with Crippen LogP contribution in [0, 0.1) is 0 Å². The summed E-state index contributed by atoms with van der Waals surface area (Å²) in [5.74, 6) is 0.517. The summed E-state index contributed by atoms with van der Waals surface area (Å²) in [6.07, 6.45) is 1.64. The smallest absolute Gasteiger partial charge is 0.252 e. The van der Waals surface area contributed by atoms with Crippen LogP contribution in [0.4, 0.5) is 5.82 Å². The van der Waals surface area contributed by atoms with E-state index in [2.05, 4.69) is 15.4 Å². The maximum Gasteiger partial charge on any atom is 0.252 e. The van der Waals surface area contributed by atoms with Gasteiger partial charge in [-0.2, -0.15) is 14.1 Å². The van der Waals surface area contributed by atoms with Gasteiger partial charge >= 0.3 is 0 Å². The van der Waals surface area contributed by atoms with Crippen LogP contribution in [0.5, 0.6) is 0 Å². The first kappa shape index (κ1) is 21.2. The van der Waals surface area contributed by atoms with E-state index in [9.17, 15) is 13.2 Å². The summed E-state index contributed by atoms with van der Waals surface area (Å²) in [4.78, 5) is 16.9. The topological polar surface area (TPSA) is 97.2 Å². The summed E-state index contributed by atoms with van der Waals surface area (Å²) >= 11 is 1.11. The fourth-order valence-corrected chi connectivity index (χ4v) is 4.85. The first-order valence-corrected chi connectivity index (χ1v) is 11.2. The highest BCUT2D eigenvalue weighted by atomic mass is 32.2. The zero-order valence-corrected chi connectivity index (χ0v) is 18.3. The Bertz CT molecular complexity index is 1080. The molecule has 3 rings (SSSR count). The number of likely N-dealkylation sites (N-methyl/N-ethyl adjacent to an activating group) is 1. The van der Waals surface area contributed by atoms with Crippen molar-refractivity contribution in [3.8, 4) is 5.82 Å². The Morgan fingerprint density at radius 2 is 2.00 bits per heavy atom.